The summed E-state index contributed by atoms with van der Waals surface area (Å²) in [5.41, 5.74) is 0.932. The maximum Gasteiger partial charge on any atom is 0.332 e. The number of nitrogens with one attached hydrogen (secondary N) is 1. The van der Waals surface area contributed by atoms with Gasteiger partial charge < -0.3 is 10.1 Å². The number of ether oxygens (including phenoxy) is 1. The van der Waals surface area contributed by atoms with Crippen molar-refractivity contribution < 1.29 is 9.53 Å². The van der Waals surface area contributed by atoms with Gasteiger partial charge in [0, 0.05) is 18.3 Å². The fraction of sp³-hybridized carbons (Fsp3) is 0.556. The zero-order valence-electron chi connectivity index (χ0n) is 7.38. The van der Waals surface area contributed by atoms with Gasteiger partial charge in [-0.05, 0) is 12.8 Å². The van der Waals surface area contributed by atoms with Crippen LogP contribution in [0.3, 0.4) is 0 Å². The molecule has 1 N–H and O–H groups in total. The Balaban J connectivity index is 2.24. The molecule has 1 aliphatic rings. The molecule has 0 unspecified atom stereocenters. The van der Waals surface area contributed by atoms with Gasteiger partial charge in [0.05, 0.1) is 12.5 Å². The lowest BCUT2D eigenvalue weighted by Crippen LogP contribution is -2.08. The highest BCUT2D eigenvalue weighted by atomic mass is 16.5. The molecule has 0 aromatic heterocycles. The molecule has 1 rings (SSSR count). The molecule has 1 heterocycles. The third-order valence-corrected chi connectivity index (χ3v) is 1.73. The highest BCUT2D eigenvalue weighted by Gasteiger charge is 2.07. The number of nitrogens with zero attached hydrogens (tertiary/aromatic N) is 1. The van der Waals surface area contributed by atoms with Crippen molar-refractivity contribution in [3.63, 3.8) is 0 Å². The summed E-state index contributed by atoms with van der Waals surface area (Å²) >= 11 is 0. The fourth-order valence-electron chi connectivity index (χ4n) is 1.12. The number of allylic oxidation sites excluding steroid dienone is 1. The average Bonchev–Trinajstić information content (AvgIpc) is 2.57. The molecule has 0 spiro atoms. The van der Waals surface area contributed by atoms with Gasteiger partial charge in [-0.25, -0.2) is 4.79 Å². The minimum atomic E-state index is -0.361. The Hall–Kier alpha value is -1.50. The van der Waals surface area contributed by atoms with Crippen molar-refractivity contribution in [1.29, 1.82) is 5.26 Å². The molecule has 0 saturated carbocycles. The van der Waals surface area contributed by atoms with Gasteiger partial charge in [0.25, 0.3) is 0 Å². The van der Waals surface area contributed by atoms with E-state index in [-0.39, 0.29) is 19.0 Å². The number of esters is 1. The van der Waals surface area contributed by atoms with Crippen molar-refractivity contribution in [2.45, 2.75) is 19.3 Å². The average molecular weight is 180 g/mol. The first kappa shape index (κ1) is 9.59. The van der Waals surface area contributed by atoms with Crippen LogP contribution in [0.4, 0.5) is 0 Å². The molecule has 1 saturated heterocycles. The number of rotatable bonds is 3. The SMILES string of the molecule is N#CCCOC(=O)C=C1CCCN1. The molecular formula is C9H12N2O2. The van der Waals surface area contributed by atoms with Crippen LogP contribution in [0.1, 0.15) is 19.3 Å². The zero-order valence-corrected chi connectivity index (χ0v) is 7.38. The summed E-state index contributed by atoms with van der Waals surface area (Å²) in [5.74, 6) is -0.361. The molecule has 70 valence electrons. The first-order valence-electron chi connectivity index (χ1n) is 4.31. The lowest BCUT2D eigenvalue weighted by molar-refractivity contribution is -0.137. The Kier molecular flexibility index (Phi) is 3.83. The van der Waals surface area contributed by atoms with Crippen molar-refractivity contribution in [2.24, 2.45) is 0 Å². The van der Waals surface area contributed by atoms with E-state index in [4.69, 9.17) is 10.00 Å². The summed E-state index contributed by atoms with van der Waals surface area (Å²) in [7, 11) is 0. The minimum Gasteiger partial charge on any atom is -0.461 e. The van der Waals surface area contributed by atoms with E-state index < -0.39 is 0 Å². The van der Waals surface area contributed by atoms with Gasteiger partial charge in [0.1, 0.15) is 6.61 Å². The number of hydrogen-bond donors (Lipinski definition) is 1. The van der Waals surface area contributed by atoms with Crippen LogP contribution in [0, 0.1) is 11.3 Å². The first-order chi connectivity index (χ1) is 6.33. The van der Waals surface area contributed by atoms with E-state index in [1.807, 2.05) is 6.07 Å². The molecule has 0 aromatic carbocycles. The Bertz CT molecular complexity index is 245. The van der Waals surface area contributed by atoms with Crippen LogP contribution < -0.4 is 5.32 Å². The standard InChI is InChI=1S/C9H12N2O2/c10-4-2-6-13-9(12)7-8-3-1-5-11-8/h7,11H,1-3,5-6H2. The van der Waals surface area contributed by atoms with Gasteiger partial charge in [-0.3, -0.25) is 0 Å². The maximum absolute atomic E-state index is 11.0. The van der Waals surface area contributed by atoms with E-state index in [2.05, 4.69) is 5.32 Å². The van der Waals surface area contributed by atoms with E-state index in [9.17, 15) is 4.79 Å². The van der Waals surface area contributed by atoms with Gasteiger partial charge in [-0.1, -0.05) is 0 Å². The van der Waals surface area contributed by atoms with Crippen molar-refractivity contribution >= 4 is 5.97 Å². The number of nitriles is 1. The van der Waals surface area contributed by atoms with Gasteiger partial charge in [0.15, 0.2) is 0 Å². The lowest BCUT2D eigenvalue weighted by Gasteiger charge is -1.99. The molecule has 0 radical (unpaired) electrons. The molecule has 13 heavy (non-hydrogen) atoms. The van der Waals surface area contributed by atoms with E-state index in [1.54, 1.807) is 0 Å². The van der Waals surface area contributed by atoms with E-state index in [0.29, 0.717) is 0 Å². The molecule has 0 bridgehead atoms. The second-order valence-corrected chi connectivity index (χ2v) is 2.78. The van der Waals surface area contributed by atoms with Gasteiger partial charge in [-0.2, -0.15) is 5.26 Å². The Morgan fingerprint density at radius 3 is 3.23 bits per heavy atom. The summed E-state index contributed by atoms with van der Waals surface area (Å²) in [4.78, 5) is 11.0. The van der Waals surface area contributed by atoms with Crippen LogP contribution in [-0.4, -0.2) is 19.1 Å². The molecule has 0 atom stereocenters. The van der Waals surface area contributed by atoms with Gasteiger partial charge >= 0.3 is 5.97 Å². The number of carbonyl (C=O) groups excluding carboxylic acids is 1. The highest BCUT2D eigenvalue weighted by molar-refractivity contribution is 5.82. The number of carbonyl (C=O) groups is 1. The van der Waals surface area contributed by atoms with E-state index in [0.717, 1.165) is 25.1 Å². The Labute approximate surface area is 77.2 Å². The summed E-state index contributed by atoms with van der Waals surface area (Å²) in [6.07, 6.45) is 3.69. The molecule has 1 aliphatic heterocycles. The third-order valence-electron chi connectivity index (χ3n) is 1.73. The van der Waals surface area contributed by atoms with Crippen molar-refractivity contribution in [3.05, 3.63) is 11.8 Å². The summed E-state index contributed by atoms with van der Waals surface area (Å²) in [6.45, 7) is 1.11. The minimum absolute atomic E-state index is 0.180. The summed E-state index contributed by atoms with van der Waals surface area (Å²) < 4.78 is 4.77. The summed E-state index contributed by atoms with van der Waals surface area (Å²) in [5, 5.41) is 11.3. The van der Waals surface area contributed by atoms with E-state index in [1.165, 1.54) is 6.08 Å². The van der Waals surface area contributed by atoms with Crippen LogP contribution in [-0.2, 0) is 9.53 Å². The predicted octanol–water partition coefficient (Wildman–Crippen LogP) is 0.711. The fourth-order valence-corrected chi connectivity index (χ4v) is 1.12. The van der Waals surface area contributed by atoms with Crippen molar-refractivity contribution in [2.75, 3.05) is 13.2 Å². The van der Waals surface area contributed by atoms with Crippen LogP contribution in [0.25, 0.3) is 0 Å². The largest absolute Gasteiger partial charge is 0.461 e. The van der Waals surface area contributed by atoms with Crippen LogP contribution in [0.5, 0.6) is 0 Å². The Morgan fingerprint density at radius 2 is 2.62 bits per heavy atom. The van der Waals surface area contributed by atoms with Crippen LogP contribution in [0.2, 0.25) is 0 Å². The maximum atomic E-state index is 11.0. The smallest absolute Gasteiger partial charge is 0.332 e. The second kappa shape index (κ2) is 5.20. The molecule has 0 aromatic rings. The molecule has 1 fully saturated rings. The van der Waals surface area contributed by atoms with E-state index >= 15 is 0 Å². The Morgan fingerprint density at radius 1 is 1.77 bits per heavy atom. The second-order valence-electron chi connectivity index (χ2n) is 2.78. The monoisotopic (exact) mass is 180 g/mol. The third kappa shape index (κ3) is 3.61. The lowest BCUT2D eigenvalue weighted by atomic mass is 10.3. The van der Waals surface area contributed by atoms with Crippen molar-refractivity contribution in [3.8, 4) is 6.07 Å². The topological polar surface area (TPSA) is 62.1 Å². The van der Waals surface area contributed by atoms with Gasteiger partial charge in [0.2, 0.25) is 0 Å². The van der Waals surface area contributed by atoms with Gasteiger partial charge in [-0.15, -0.1) is 0 Å². The quantitative estimate of drug-likeness (QED) is 0.394. The molecule has 0 amide bonds. The van der Waals surface area contributed by atoms with Crippen LogP contribution >= 0.6 is 0 Å². The van der Waals surface area contributed by atoms with Crippen molar-refractivity contribution in [1.82, 2.24) is 5.32 Å². The first-order valence-corrected chi connectivity index (χ1v) is 4.31. The molecule has 0 aliphatic carbocycles. The molecule has 4 heteroatoms. The number of hydrogen-bond acceptors (Lipinski definition) is 4. The zero-order chi connectivity index (χ0) is 9.52. The molecule has 4 nitrogen and oxygen atoms in total. The summed E-state index contributed by atoms with van der Waals surface area (Å²) in [6, 6.07) is 1.90. The predicted molar refractivity (Wildman–Crippen MR) is 46.5 cm³/mol. The molecular weight excluding hydrogens is 168 g/mol. The van der Waals surface area contributed by atoms with Crippen LogP contribution in [0.15, 0.2) is 11.8 Å². The normalized spacial score (nSPS) is 17.9. The highest BCUT2D eigenvalue weighted by Crippen LogP contribution is 2.08.